The van der Waals surface area contributed by atoms with Crippen LogP contribution in [0.25, 0.3) is 5.76 Å². The summed E-state index contributed by atoms with van der Waals surface area (Å²) in [4.78, 5) is 28.0. The highest BCUT2D eigenvalue weighted by Crippen LogP contribution is 2.46. The van der Waals surface area contributed by atoms with Crippen LogP contribution in [-0.4, -0.2) is 29.0 Å². The van der Waals surface area contributed by atoms with E-state index in [0.29, 0.717) is 21.8 Å². The molecule has 1 fully saturated rings. The number of aryl methyl sites for hydroxylation is 1. The molecule has 1 atom stereocenters. The highest BCUT2D eigenvalue weighted by molar-refractivity contribution is 7.10. The Morgan fingerprint density at radius 3 is 2.50 bits per heavy atom. The second kappa shape index (κ2) is 7.68. The van der Waals surface area contributed by atoms with Gasteiger partial charge in [0.2, 0.25) is 0 Å². The minimum absolute atomic E-state index is 0.0148. The second-order valence-electron chi connectivity index (χ2n) is 6.85. The van der Waals surface area contributed by atoms with Gasteiger partial charge in [0.05, 0.1) is 18.4 Å². The molecule has 1 aromatic heterocycles. The van der Waals surface area contributed by atoms with Crippen LogP contribution in [0.15, 0.2) is 65.6 Å². The Morgan fingerprint density at radius 1 is 1.10 bits per heavy atom. The number of aromatic hydroxyl groups is 1. The lowest BCUT2D eigenvalue weighted by Gasteiger charge is -2.24. The van der Waals surface area contributed by atoms with Gasteiger partial charge >= 0.3 is 0 Å². The van der Waals surface area contributed by atoms with Gasteiger partial charge in [0.25, 0.3) is 11.7 Å². The van der Waals surface area contributed by atoms with Gasteiger partial charge in [0.15, 0.2) is 0 Å². The first-order chi connectivity index (χ1) is 14.4. The number of phenols is 1. The lowest BCUT2D eigenvalue weighted by atomic mass is 9.97. The maximum Gasteiger partial charge on any atom is 0.300 e. The molecular formula is C23H19NO5S. The summed E-state index contributed by atoms with van der Waals surface area (Å²) in [5.74, 6) is -1.37. The first-order valence-electron chi connectivity index (χ1n) is 9.21. The van der Waals surface area contributed by atoms with Crippen molar-refractivity contribution in [3.63, 3.8) is 0 Å². The third-order valence-electron chi connectivity index (χ3n) is 5.09. The van der Waals surface area contributed by atoms with E-state index in [-0.39, 0.29) is 22.8 Å². The largest absolute Gasteiger partial charge is 0.507 e. The molecule has 0 bridgehead atoms. The second-order valence-corrected chi connectivity index (χ2v) is 7.83. The molecule has 0 saturated carbocycles. The number of rotatable bonds is 4. The van der Waals surface area contributed by atoms with E-state index >= 15 is 0 Å². The number of thiophene rings is 1. The smallest absolute Gasteiger partial charge is 0.300 e. The van der Waals surface area contributed by atoms with Crippen LogP contribution >= 0.6 is 11.3 Å². The van der Waals surface area contributed by atoms with Crippen LogP contribution in [0.2, 0.25) is 0 Å². The average molecular weight is 421 g/mol. The molecule has 30 heavy (non-hydrogen) atoms. The van der Waals surface area contributed by atoms with Gasteiger partial charge in [0.1, 0.15) is 23.3 Å². The number of ketones is 1. The van der Waals surface area contributed by atoms with Crippen molar-refractivity contribution in [3.05, 3.63) is 81.6 Å². The minimum atomic E-state index is -0.847. The van der Waals surface area contributed by atoms with E-state index in [2.05, 4.69) is 0 Å². The number of carbonyl (C=O) groups is 2. The standard InChI is InChI=1S/C23H19NO5S/c1-13-12-14(29-2)9-10-15(13)21(26)19-20(18-8-5-11-30-18)24(23(28)22(19)27)16-6-3-4-7-17(16)25/h3-12,20,25-26H,1-2H3/b21-19-. The van der Waals surface area contributed by atoms with Crippen molar-refractivity contribution in [3.8, 4) is 11.5 Å². The Bertz CT molecular complexity index is 1170. The molecule has 1 amide bonds. The first kappa shape index (κ1) is 19.7. The minimum Gasteiger partial charge on any atom is -0.507 e. The topological polar surface area (TPSA) is 87.1 Å². The molecule has 0 aliphatic carbocycles. The molecule has 0 radical (unpaired) electrons. The van der Waals surface area contributed by atoms with E-state index in [1.54, 1.807) is 56.5 Å². The molecule has 6 nitrogen and oxygen atoms in total. The number of aliphatic hydroxyl groups excluding tert-OH is 1. The lowest BCUT2D eigenvalue weighted by Crippen LogP contribution is -2.29. The molecular weight excluding hydrogens is 402 g/mol. The van der Waals surface area contributed by atoms with Gasteiger partial charge in [-0.1, -0.05) is 18.2 Å². The number of hydrogen-bond donors (Lipinski definition) is 2. The van der Waals surface area contributed by atoms with Gasteiger partial charge < -0.3 is 14.9 Å². The lowest BCUT2D eigenvalue weighted by molar-refractivity contribution is -0.132. The molecule has 3 aromatic rings. The third kappa shape index (κ3) is 3.13. The number of amides is 1. The maximum atomic E-state index is 13.0. The monoisotopic (exact) mass is 421 g/mol. The number of para-hydroxylation sites is 2. The van der Waals surface area contributed by atoms with Crippen LogP contribution in [0.3, 0.4) is 0 Å². The van der Waals surface area contributed by atoms with Gasteiger partial charge in [-0.05, 0) is 54.3 Å². The number of phenolic OH excluding ortho intramolecular Hbond substituents is 1. The molecule has 1 aliphatic rings. The van der Waals surface area contributed by atoms with E-state index in [0.717, 1.165) is 0 Å². The molecule has 7 heteroatoms. The highest BCUT2D eigenvalue weighted by atomic mass is 32.1. The SMILES string of the molecule is COc1ccc(/C(O)=C2/C(=O)C(=O)N(c3ccccc3O)C2c2cccs2)c(C)c1. The quantitative estimate of drug-likeness (QED) is 0.370. The fourth-order valence-corrected chi connectivity index (χ4v) is 4.46. The summed E-state index contributed by atoms with van der Waals surface area (Å²) in [7, 11) is 1.54. The van der Waals surface area contributed by atoms with Crippen molar-refractivity contribution in [2.45, 2.75) is 13.0 Å². The zero-order valence-corrected chi connectivity index (χ0v) is 17.1. The van der Waals surface area contributed by atoms with Crippen molar-refractivity contribution in [1.82, 2.24) is 0 Å². The summed E-state index contributed by atoms with van der Waals surface area (Å²) in [6.45, 7) is 1.79. The molecule has 2 heterocycles. The van der Waals surface area contributed by atoms with Crippen molar-refractivity contribution < 1.29 is 24.5 Å². The Balaban J connectivity index is 1.94. The number of hydrogen-bond acceptors (Lipinski definition) is 6. The molecule has 0 spiro atoms. The van der Waals surface area contributed by atoms with E-state index in [1.807, 2.05) is 11.4 Å². The first-order valence-corrected chi connectivity index (χ1v) is 10.1. The number of aliphatic hydroxyl groups is 1. The average Bonchev–Trinajstić information content (AvgIpc) is 3.35. The van der Waals surface area contributed by atoms with Crippen molar-refractivity contribution >= 4 is 34.5 Å². The number of anilines is 1. The van der Waals surface area contributed by atoms with Crippen LogP contribution in [-0.2, 0) is 9.59 Å². The molecule has 4 rings (SSSR count). The fraction of sp³-hybridized carbons (Fsp3) is 0.130. The fourth-order valence-electron chi connectivity index (χ4n) is 3.64. The zero-order valence-electron chi connectivity index (χ0n) is 16.3. The van der Waals surface area contributed by atoms with Crippen molar-refractivity contribution in [2.24, 2.45) is 0 Å². The van der Waals surface area contributed by atoms with Crippen LogP contribution in [0.5, 0.6) is 11.5 Å². The predicted octanol–water partition coefficient (Wildman–Crippen LogP) is 4.40. The Morgan fingerprint density at radius 2 is 1.87 bits per heavy atom. The van der Waals surface area contributed by atoms with Gasteiger partial charge in [-0.25, -0.2) is 0 Å². The van der Waals surface area contributed by atoms with Gasteiger partial charge in [-0.2, -0.15) is 0 Å². The van der Waals surface area contributed by atoms with E-state index in [9.17, 15) is 19.8 Å². The number of methoxy groups -OCH3 is 1. The summed E-state index contributed by atoms with van der Waals surface area (Å²) >= 11 is 1.36. The summed E-state index contributed by atoms with van der Waals surface area (Å²) in [6.07, 6.45) is 0. The van der Waals surface area contributed by atoms with Crippen LogP contribution < -0.4 is 9.64 Å². The van der Waals surface area contributed by atoms with E-state index < -0.39 is 17.7 Å². The maximum absolute atomic E-state index is 13.0. The van der Waals surface area contributed by atoms with E-state index in [4.69, 9.17) is 4.74 Å². The molecule has 2 aromatic carbocycles. The number of carbonyl (C=O) groups excluding carboxylic acids is 2. The third-order valence-corrected chi connectivity index (χ3v) is 6.01. The van der Waals surface area contributed by atoms with Crippen LogP contribution in [0.4, 0.5) is 5.69 Å². The molecule has 1 aliphatic heterocycles. The molecule has 2 N–H and O–H groups in total. The number of ether oxygens (including phenoxy) is 1. The number of Topliss-reactive ketones (excluding diaryl/α,β-unsaturated/α-hetero) is 1. The number of benzene rings is 2. The van der Waals surface area contributed by atoms with Crippen LogP contribution in [0.1, 0.15) is 22.0 Å². The summed E-state index contributed by atoms with van der Waals surface area (Å²) < 4.78 is 5.21. The van der Waals surface area contributed by atoms with E-state index in [1.165, 1.54) is 22.3 Å². The van der Waals surface area contributed by atoms with Crippen molar-refractivity contribution in [1.29, 1.82) is 0 Å². The Hall–Kier alpha value is -3.58. The summed E-state index contributed by atoms with van der Waals surface area (Å²) in [6, 6.07) is 14.2. The molecule has 1 saturated heterocycles. The highest BCUT2D eigenvalue weighted by Gasteiger charge is 2.48. The van der Waals surface area contributed by atoms with Gasteiger partial charge in [-0.3, -0.25) is 14.5 Å². The van der Waals surface area contributed by atoms with Crippen LogP contribution in [0, 0.1) is 6.92 Å². The molecule has 152 valence electrons. The Labute approximate surface area is 177 Å². The summed E-state index contributed by atoms with van der Waals surface area (Å²) in [5, 5.41) is 23.3. The van der Waals surface area contributed by atoms with Gasteiger partial charge in [0, 0.05) is 10.4 Å². The normalized spacial score (nSPS) is 18.1. The zero-order chi connectivity index (χ0) is 21.4. The predicted molar refractivity (Wildman–Crippen MR) is 115 cm³/mol. The Kier molecular flexibility index (Phi) is 5.05. The summed E-state index contributed by atoms with van der Waals surface area (Å²) in [5.41, 5.74) is 1.33. The van der Waals surface area contributed by atoms with Crippen molar-refractivity contribution in [2.75, 3.05) is 12.0 Å². The van der Waals surface area contributed by atoms with Gasteiger partial charge in [-0.15, -0.1) is 11.3 Å². The number of nitrogens with zero attached hydrogens (tertiary/aromatic N) is 1. The molecule has 1 unspecified atom stereocenters.